The summed E-state index contributed by atoms with van der Waals surface area (Å²) >= 11 is 0. The fourth-order valence-corrected chi connectivity index (χ4v) is 2.60. The highest BCUT2D eigenvalue weighted by atomic mass is 16.5. The Labute approximate surface area is 124 Å². The van der Waals surface area contributed by atoms with Crippen LogP contribution < -0.4 is 0 Å². The van der Waals surface area contributed by atoms with Gasteiger partial charge in [0.05, 0.1) is 6.61 Å². The van der Waals surface area contributed by atoms with Gasteiger partial charge in [0.2, 0.25) is 0 Å². The average Bonchev–Trinajstić information content (AvgIpc) is 2.45. The van der Waals surface area contributed by atoms with Crippen LogP contribution in [0.4, 0.5) is 0 Å². The smallest absolute Gasteiger partial charge is 0.384 e. The zero-order chi connectivity index (χ0) is 14.3. The van der Waals surface area contributed by atoms with Crippen LogP contribution in [0.3, 0.4) is 0 Å². The lowest BCUT2D eigenvalue weighted by Crippen LogP contribution is -2.02. The summed E-state index contributed by atoms with van der Waals surface area (Å²) in [6, 6.07) is 0. The van der Waals surface area contributed by atoms with Gasteiger partial charge in [-0.3, -0.25) is 0 Å². The molecule has 0 aromatic carbocycles. The van der Waals surface area contributed by atoms with Gasteiger partial charge in [-0.15, -0.1) is 0 Å². The lowest BCUT2D eigenvalue weighted by atomic mass is 10.0. The van der Waals surface area contributed by atoms with E-state index in [1.54, 1.807) is 0 Å². The molecule has 1 rings (SSSR count). The molecule has 114 valence electrons. The number of esters is 1. The Morgan fingerprint density at radius 2 is 1.10 bits per heavy atom. The van der Waals surface area contributed by atoms with E-state index in [4.69, 9.17) is 4.74 Å². The minimum absolute atomic E-state index is 0.345. The minimum Gasteiger partial charge on any atom is -0.456 e. The first-order chi connectivity index (χ1) is 9.89. The molecule has 20 heavy (non-hydrogen) atoms. The normalized spacial score (nSPS) is 21.5. The van der Waals surface area contributed by atoms with Crippen molar-refractivity contribution in [1.29, 1.82) is 0 Å². The van der Waals surface area contributed by atoms with Gasteiger partial charge >= 0.3 is 5.97 Å². The van der Waals surface area contributed by atoms with Crippen molar-refractivity contribution in [1.82, 2.24) is 0 Å². The second-order valence-electron chi connectivity index (χ2n) is 5.78. The molecule has 0 aromatic heterocycles. The lowest BCUT2D eigenvalue weighted by molar-refractivity contribution is -0.136. The standard InChI is InChI=1S/C18H30O2/c19-18-16-14-12-10-8-6-4-2-1-3-5-7-9-11-13-15-17-20-18/h1-13,15,17H2. The second-order valence-corrected chi connectivity index (χ2v) is 5.78. The fourth-order valence-electron chi connectivity index (χ4n) is 2.60. The molecule has 0 aliphatic carbocycles. The van der Waals surface area contributed by atoms with Crippen molar-refractivity contribution >= 4 is 5.97 Å². The number of rotatable bonds is 0. The van der Waals surface area contributed by atoms with Gasteiger partial charge in [-0.05, 0) is 12.8 Å². The van der Waals surface area contributed by atoms with E-state index < -0.39 is 0 Å². The van der Waals surface area contributed by atoms with Crippen molar-refractivity contribution in [3.05, 3.63) is 0 Å². The summed E-state index contributed by atoms with van der Waals surface area (Å²) in [7, 11) is 0. The molecule has 1 aliphatic rings. The van der Waals surface area contributed by atoms with Gasteiger partial charge in [0, 0.05) is 12.3 Å². The van der Waals surface area contributed by atoms with Crippen LogP contribution in [0.2, 0.25) is 0 Å². The van der Waals surface area contributed by atoms with E-state index in [0.717, 1.165) is 19.3 Å². The van der Waals surface area contributed by atoms with Gasteiger partial charge in [0.25, 0.3) is 0 Å². The van der Waals surface area contributed by atoms with Gasteiger partial charge in [-0.25, -0.2) is 4.79 Å². The lowest BCUT2D eigenvalue weighted by Gasteiger charge is -2.03. The van der Waals surface area contributed by atoms with Crippen LogP contribution in [0.5, 0.6) is 0 Å². The molecule has 0 saturated carbocycles. The summed E-state index contributed by atoms with van der Waals surface area (Å²) in [5.74, 6) is 5.17. The van der Waals surface area contributed by atoms with E-state index in [1.165, 1.54) is 70.6 Å². The molecule has 1 aliphatic heterocycles. The molecule has 0 spiro atoms. The van der Waals surface area contributed by atoms with Gasteiger partial charge in [0.15, 0.2) is 0 Å². The molecule has 0 unspecified atom stereocenters. The maximum atomic E-state index is 11.3. The zero-order valence-corrected chi connectivity index (χ0v) is 12.9. The van der Waals surface area contributed by atoms with Crippen molar-refractivity contribution in [3.63, 3.8) is 0 Å². The Bertz CT molecular complexity index is 298. The van der Waals surface area contributed by atoms with E-state index in [1.807, 2.05) is 0 Å². The monoisotopic (exact) mass is 278 g/mol. The van der Waals surface area contributed by atoms with E-state index in [2.05, 4.69) is 11.8 Å². The Morgan fingerprint density at radius 3 is 1.65 bits per heavy atom. The Morgan fingerprint density at radius 1 is 0.650 bits per heavy atom. The SMILES string of the molecule is O=C1C#CCCCCCCCCCCCCCCCO1. The largest absolute Gasteiger partial charge is 0.456 e. The molecule has 0 aromatic rings. The molecule has 0 amide bonds. The van der Waals surface area contributed by atoms with Crippen LogP contribution >= 0.6 is 0 Å². The van der Waals surface area contributed by atoms with Crippen molar-refractivity contribution in [2.75, 3.05) is 6.61 Å². The molecule has 0 bridgehead atoms. The van der Waals surface area contributed by atoms with Gasteiger partial charge < -0.3 is 4.74 Å². The summed E-state index contributed by atoms with van der Waals surface area (Å²) in [5.41, 5.74) is 0. The van der Waals surface area contributed by atoms with Gasteiger partial charge in [-0.1, -0.05) is 76.5 Å². The molecule has 1 heterocycles. The topological polar surface area (TPSA) is 26.3 Å². The highest BCUT2D eigenvalue weighted by Crippen LogP contribution is 2.13. The summed E-state index contributed by atoms with van der Waals surface area (Å²) in [4.78, 5) is 11.3. The first-order valence-electron chi connectivity index (χ1n) is 8.55. The Kier molecular flexibility index (Phi) is 11.1. The van der Waals surface area contributed by atoms with Gasteiger partial charge in [-0.2, -0.15) is 0 Å². The summed E-state index contributed by atoms with van der Waals surface area (Å²) in [6.07, 6.45) is 17.5. The van der Waals surface area contributed by atoms with Crippen molar-refractivity contribution in [2.45, 2.75) is 89.9 Å². The molecule has 2 nitrogen and oxygen atoms in total. The highest BCUT2D eigenvalue weighted by Gasteiger charge is 1.98. The summed E-state index contributed by atoms with van der Waals surface area (Å²) in [5, 5.41) is 0. The molecule has 2 heteroatoms. The zero-order valence-electron chi connectivity index (χ0n) is 12.9. The van der Waals surface area contributed by atoms with Crippen LogP contribution in [0.25, 0.3) is 0 Å². The number of hydrogen-bond donors (Lipinski definition) is 0. The Hall–Kier alpha value is -0.970. The first-order valence-corrected chi connectivity index (χ1v) is 8.55. The third-order valence-electron chi connectivity index (χ3n) is 3.87. The van der Waals surface area contributed by atoms with E-state index in [-0.39, 0.29) is 5.97 Å². The predicted octanol–water partition coefficient (Wildman–Crippen LogP) is 5.01. The maximum Gasteiger partial charge on any atom is 0.384 e. The van der Waals surface area contributed by atoms with Crippen LogP contribution in [-0.4, -0.2) is 12.6 Å². The summed E-state index contributed by atoms with van der Waals surface area (Å²) < 4.78 is 5.09. The third kappa shape index (κ3) is 10.9. The van der Waals surface area contributed by atoms with Crippen LogP contribution in [0.15, 0.2) is 0 Å². The number of ether oxygens (including phenoxy) is 1. The van der Waals surface area contributed by atoms with Gasteiger partial charge in [0.1, 0.15) is 0 Å². The second kappa shape index (κ2) is 13.0. The number of cyclic esters (lactones) is 1. The highest BCUT2D eigenvalue weighted by molar-refractivity contribution is 5.88. The number of carbonyl (C=O) groups excluding carboxylic acids is 1. The average molecular weight is 278 g/mol. The Balaban J connectivity index is 2.19. The summed E-state index contributed by atoms with van der Waals surface area (Å²) in [6.45, 7) is 0.535. The number of carbonyl (C=O) groups is 1. The predicted molar refractivity (Wildman–Crippen MR) is 83.4 cm³/mol. The van der Waals surface area contributed by atoms with E-state index >= 15 is 0 Å². The molecule has 0 atom stereocenters. The third-order valence-corrected chi connectivity index (χ3v) is 3.87. The first kappa shape index (κ1) is 17.1. The van der Waals surface area contributed by atoms with Crippen molar-refractivity contribution in [2.24, 2.45) is 0 Å². The van der Waals surface area contributed by atoms with E-state index in [9.17, 15) is 4.79 Å². The molecular weight excluding hydrogens is 248 g/mol. The van der Waals surface area contributed by atoms with Crippen molar-refractivity contribution < 1.29 is 9.53 Å². The molecule has 0 N–H and O–H groups in total. The van der Waals surface area contributed by atoms with Crippen molar-refractivity contribution in [3.8, 4) is 11.8 Å². The van der Waals surface area contributed by atoms with Crippen LogP contribution in [0.1, 0.15) is 89.9 Å². The molecular formula is C18H30O2. The minimum atomic E-state index is -0.345. The maximum absolute atomic E-state index is 11.3. The quantitative estimate of drug-likeness (QED) is 0.354. The number of hydrogen-bond acceptors (Lipinski definition) is 2. The van der Waals surface area contributed by atoms with E-state index in [0.29, 0.717) is 6.61 Å². The van der Waals surface area contributed by atoms with Crippen LogP contribution in [0, 0.1) is 11.8 Å². The molecule has 0 saturated heterocycles. The molecule has 0 fully saturated rings. The molecule has 0 radical (unpaired) electrons. The van der Waals surface area contributed by atoms with Crippen LogP contribution in [-0.2, 0) is 9.53 Å². The fraction of sp³-hybridized carbons (Fsp3) is 0.833.